The van der Waals surface area contributed by atoms with Crippen molar-refractivity contribution in [3.8, 4) is 22.4 Å². The van der Waals surface area contributed by atoms with Gasteiger partial charge in [0.1, 0.15) is 23.1 Å². The number of halogens is 3. The van der Waals surface area contributed by atoms with Gasteiger partial charge in [0.25, 0.3) is 0 Å². The number of rotatable bonds is 9. The first-order valence-corrected chi connectivity index (χ1v) is 15.9. The molecule has 5 aromatic rings. The molecular formula is C31H29ClF2N6O3S. The van der Waals surface area contributed by atoms with E-state index in [1.165, 1.54) is 0 Å². The Bertz CT molecular complexity index is 1980. The van der Waals surface area contributed by atoms with Gasteiger partial charge in [-0.25, -0.2) is 22.2 Å². The van der Waals surface area contributed by atoms with E-state index in [0.717, 1.165) is 23.4 Å². The summed E-state index contributed by atoms with van der Waals surface area (Å²) in [7, 11) is -4.12. The highest BCUT2D eigenvalue weighted by atomic mass is 35.5. The van der Waals surface area contributed by atoms with Gasteiger partial charge in [0.05, 0.1) is 41.6 Å². The maximum atomic E-state index is 15.7. The van der Waals surface area contributed by atoms with E-state index in [4.69, 9.17) is 22.1 Å². The topological polar surface area (TPSA) is 124 Å². The number of nitrogens with two attached hydrogens (primary N) is 1. The number of ether oxygens (including phenoxy) is 1. The fraction of sp³-hybridized carbons (Fsp3) is 0.226. The Kier molecular flexibility index (Phi) is 7.91. The lowest BCUT2D eigenvalue weighted by Gasteiger charge is -2.27. The van der Waals surface area contributed by atoms with E-state index < -0.39 is 33.1 Å². The van der Waals surface area contributed by atoms with Crippen molar-refractivity contribution in [2.75, 3.05) is 29.0 Å². The Balaban J connectivity index is 1.39. The molecule has 1 aliphatic heterocycles. The van der Waals surface area contributed by atoms with Crippen molar-refractivity contribution < 1.29 is 21.9 Å². The van der Waals surface area contributed by atoms with Crippen molar-refractivity contribution in [1.82, 2.24) is 14.8 Å². The van der Waals surface area contributed by atoms with Crippen LogP contribution in [0.15, 0.2) is 66.9 Å². The Labute approximate surface area is 258 Å². The Morgan fingerprint density at radius 1 is 1.07 bits per heavy atom. The maximum absolute atomic E-state index is 15.7. The van der Waals surface area contributed by atoms with Gasteiger partial charge in [0.2, 0.25) is 10.0 Å². The molecule has 3 aromatic carbocycles. The number of sulfonamides is 1. The zero-order valence-electron chi connectivity index (χ0n) is 23.8. The minimum Gasteiger partial charge on any atom is -0.383 e. The standard InChI is InChI=1S/C31H29ClF2N6O3S/c1-17(2)40-30-23(18-7-9-20(10-8-18)37-21-14-43-15-21)13-36-31(35)28(30)29(38-40)22-11-26(34)27(12-25(22)33)39-44(41,42)16-19-5-3-4-6-24(19)32/h3-13,17,21,37,39H,14-16H2,1-2H3,(H2,35,36). The molecule has 1 saturated heterocycles. The van der Waals surface area contributed by atoms with E-state index >= 15 is 8.78 Å². The average Bonchev–Trinajstić information content (AvgIpc) is 3.36. The van der Waals surface area contributed by atoms with Crippen molar-refractivity contribution >= 4 is 49.7 Å². The molecule has 4 N–H and O–H groups in total. The molecule has 44 heavy (non-hydrogen) atoms. The van der Waals surface area contributed by atoms with Gasteiger partial charge in [-0.2, -0.15) is 5.10 Å². The molecule has 0 amide bonds. The van der Waals surface area contributed by atoms with Crippen LogP contribution in [0.1, 0.15) is 25.5 Å². The molecule has 13 heteroatoms. The van der Waals surface area contributed by atoms with Crippen LogP contribution in [0.25, 0.3) is 33.3 Å². The summed E-state index contributed by atoms with van der Waals surface area (Å²) >= 11 is 6.09. The normalized spacial score (nSPS) is 13.8. The number of anilines is 3. The Morgan fingerprint density at radius 3 is 2.45 bits per heavy atom. The van der Waals surface area contributed by atoms with E-state index in [2.05, 4.69) is 20.1 Å². The van der Waals surface area contributed by atoms with Crippen molar-refractivity contribution in [3.05, 3.63) is 89.1 Å². The lowest BCUT2D eigenvalue weighted by Crippen LogP contribution is -2.40. The molecule has 3 heterocycles. The van der Waals surface area contributed by atoms with Crippen LogP contribution in [-0.4, -0.2) is 42.4 Å². The van der Waals surface area contributed by atoms with Crippen molar-refractivity contribution in [1.29, 1.82) is 0 Å². The van der Waals surface area contributed by atoms with E-state index in [-0.39, 0.29) is 34.2 Å². The Hall–Kier alpha value is -4.26. The largest absolute Gasteiger partial charge is 0.383 e. The molecule has 1 aliphatic rings. The summed E-state index contributed by atoms with van der Waals surface area (Å²) in [5.74, 6) is -2.30. The van der Waals surface area contributed by atoms with Gasteiger partial charge in [0, 0.05) is 40.1 Å². The van der Waals surface area contributed by atoms with Crippen LogP contribution in [-0.2, 0) is 20.5 Å². The minimum atomic E-state index is -4.12. The SMILES string of the molecule is CC(C)n1nc(-c2cc(F)c(NS(=O)(=O)Cc3ccccc3Cl)cc2F)c2c(N)ncc(-c3ccc(NC4COC4)cc3)c21. The van der Waals surface area contributed by atoms with Crippen molar-refractivity contribution in [2.45, 2.75) is 31.7 Å². The molecule has 1 fully saturated rings. The summed E-state index contributed by atoms with van der Waals surface area (Å²) in [5.41, 5.74) is 9.12. The number of nitrogen functional groups attached to an aromatic ring is 1. The number of nitrogens with one attached hydrogen (secondary N) is 2. The zero-order chi connectivity index (χ0) is 31.2. The lowest BCUT2D eigenvalue weighted by atomic mass is 10.0. The third-order valence-electron chi connectivity index (χ3n) is 7.33. The van der Waals surface area contributed by atoms with E-state index in [9.17, 15) is 8.42 Å². The molecule has 0 unspecified atom stereocenters. The number of fused-ring (bicyclic) bond motifs is 1. The maximum Gasteiger partial charge on any atom is 0.237 e. The van der Waals surface area contributed by atoms with Crippen LogP contribution < -0.4 is 15.8 Å². The smallest absolute Gasteiger partial charge is 0.237 e. The molecule has 0 spiro atoms. The van der Waals surface area contributed by atoms with Crippen LogP contribution >= 0.6 is 11.6 Å². The monoisotopic (exact) mass is 638 g/mol. The van der Waals surface area contributed by atoms with Crippen LogP contribution in [0.5, 0.6) is 0 Å². The highest BCUT2D eigenvalue weighted by Crippen LogP contribution is 2.40. The van der Waals surface area contributed by atoms with Crippen molar-refractivity contribution in [2.24, 2.45) is 0 Å². The summed E-state index contributed by atoms with van der Waals surface area (Å²) in [6.07, 6.45) is 1.64. The first-order valence-electron chi connectivity index (χ1n) is 13.9. The van der Waals surface area contributed by atoms with Gasteiger partial charge in [-0.05, 0) is 49.2 Å². The first-order chi connectivity index (χ1) is 21.0. The second kappa shape index (κ2) is 11.7. The van der Waals surface area contributed by atoms with Gasteiger partial charge < -0.3 is 15.8 Å². The van der Waals surface area contributed by atoms with Gasteiger partial charge in [-0.1, -0.05) is 41.9 Å². The predicted molar refractivity (Wildman–Crippen MR) is 169 cm³/mol. The van der Waals surface area contributed by atoms with Gasteiger partial charge >= 0.3 is 0 Å². The molecule has 0 atom stereocenters. The van der Waals surface area contributed by atoms with Gasteiger partial charge in [-0.15, -0.1) is 0 Å². The van der Waals surface area contributed by atoms with Crippen LogP contribution in [0, 0.1) is 11.6 Å². The fourth-order valence-corrected chi connectivity index (χ4v) is 6.61. The average molecular weight is 639 g/mol. The molecule has 2 aromatic heterocycles. The number of nitrogens with zero attached hydrogens (tertiary/aromatic N) is 3. The second-order valence-corrected chi connectivity index (χ2v) is 13.0. The Morgan fingerprint density at radius 2 is 1.80 bits per heavy atom. The van der Waals surface area contributed by atoms with E-state index in [0.29, 0.717) is 35.2 Å². The predicted octanol–water partition coefficient (Wildman–Crippen LogP) is 6.61. The highest BCUT2D eigenvalue weighted by molar-refractivity contribution is 7.91. The molecule has 0 saturated carbocycles. The molecular weight excluding hydrogens is 610 g/mol. The summed E-state index contributed by atoms with van der Waals surface area (Å²) in [4.78, 5) is 4.37. The van der Waals surface area contributed by atoms with E-state index in [1.54, 1.807) is 35.1 Å². The molecule has 0 bridgehead atoms. The first kappa shape index (κ1) is 29.8. The molecule has 9 nitrogen and oxygen atoms in total. The lowest BCUT2D eigenvalue weighted by molar-refractivity contribution is 0.0211. The number of aromatic nitrogens is 3. The fourth-order valence-electron chi connectivity index (χ4n) is 5.10. The third kappa shape index (κ3) is 5.80. The van der Waals surface area contributed by atoms with E-state index in [1.807, 2.05) is 38.1 Å². The van der Waals surface area contributed by atoms with Crippen LogP contribution in [0.4, 0.5) is 26.0 Å². The van der Waals surface area contributed by atoms with Gasteiger partial charge in [-0.3, -0.25) is 9.40 Å². The number of pyridine rings is 1. The summed E-state index contributed by atoms with van der Waals surface area (Å²) in [6, 6.07) is 16.0. The van der Waals surface area contributed by atoms with Crippen molar-refractivity contribution in [3.63, 3.8) is 0 Å². The molecule has 228 valence electrons. The third-order valence-corrected chi connectivity index (χ3v) is 8.92. The molecule has 0 radical (unpaired) electrons. The van der Waals surface area contributed by atoms with Crippen LogP contribution in [0.3, 0.4) is 0 Å². The molecule has 6 rings (SSSR count). The molecule has 0 aliphatic carbocycles. The van der Waals surface area contributed by atoms with Gasteiger partial charge in [0.15, 0.2) is 0 Å². The zero-order valence-corrected chi connectivity index (χ0v) is 25.4. The number of benzene rings is 3. The van der Waals surface area contributed by atoms with Crippen LogP contribution in [0.2, 0.25) is 5.02 Å². The summed E-state index contributed by atoms with van der Waals surface area (Å²) < 4.78 is 65.8. The quantitative estimate of drug-likeness (QED) is 0.166. The second-order valence-electron chi connectivity index (χ2n) is 10.9. The summed E-state index contributed by atoms with van der Waals surface area (Å²) in [6.45, 7) is 5.15. The highest BCUT2D eigenvalue weighted by Gasteiger charge is 2.26. The number of hydrogen-bond acceptors (Lipinski definition) is 7. The minimum absolute atomic E-state index is 0.0886. The number of hydrogen-bond donors (Lipinski definition) is 3. The summed E-state index contributed by atoms with van der Waals surface area (Å²) in [5, 5.41) is 8.66.